The molecule has 5 aromatic rings. The first-order valence-corrected chi connectivity index (χ1v) is 22.2. The van der Waals surface area contributed by atoms with Gasteiger partial charge in [-0.25, -0.2) is 22.3 Å². The van der Waals surface area contributed by atoms with Gasteiger partial charge < -0.3 is 19.5 Å². The lowest BCUT2D eigenvalue weighted by atomic mass is 10.1. The van der Waals surface area contributed by atoms with Gasteiger partial charge in [-0.3, -0.25) is 9.40 Å². The molecule has 0 bridgehead atoms. The van der Waals surface area contributed by atoms with Crippen LogP contribution in [0.1, 0.15) is 40.1 Å². The number of hydrogen-bond acceptors (Lipinski definition) is 10. The lowest BCUT2D eigenvalue weighted by molar-refractivity contribution is 0.0600. The summed E-state index contributed by atoms with van der Waals surface area (Å²) in [5.74, 6) is -4.15. The van der Waals surface area contributed by atoms with Crippen LogP contribution in [0.2, 0.25) is 25.7 Å². The van der Waals surface area contributed by atoms with Crippen LogP contribution in [0.4, 0.5) is 30.5 Å². The third-order valence-electron chi connectivity index (χ3n) is 8.27. The van der Waals surface area contributed by atoms with Crippen LogP contribution in [-0.4, -0.2) is 61.5 Å². The zero-order valence-electron chi connectivity index (χ0n) is 30.7. The number of nitrogens with one attached hydrogen (secondary N) is 2. The van der Waals surface area contributed by atoms with Crippen molar-refractivity contribution in [2.24, 2.45) is 0 Å². The van der Waals surface area contributed by atoms with Crippen molar-refractivity contribution >= 4 is 41.4 Å². The van der Waals surface area contributed by atoms with Gasteiger partial charge in [0.2, 0.25) is 0 Å². The molecule has 0 fully saturated rings. The molecule has 2 aromatic heterocycles. The number of carbonyl (C=O) groups is 1. The number of hydrogen-bond donors (Lipinski definition) is 2. The largest absolute Gasteiger partial charge is 0.484 e. The van der Waals surface area contributed by atoms with Crippen LogP contribution in [-0.2, 0) is 32.8 Å². The van der Waals surface area contributed by atoms with Gasteiger partial charge in [-0.2, -0.15) is 24.2 Å². The van der Waals surface area contributed by atoms with Gasteiger partial charge in [0.1, 0.15) is 41.7 Å². The fourth-order valence-electron chi connectivity index (χ4n) is 5.25. The molecule has 5 rings (SSSR count). The van der Waals surface area contributed by atoms with Crippen LogP contribution in [0.15, 0.2) is 79.0 Å². The third-order valence-corrected chi connectivity index (χ3v) is 10.9. The third kappa shape index (κ3) is 10.5. The first-order valence-electron chi connectivity index (χ1n) is 17.0. The van der Waals surface area contributed by atoms with E-state index in [2.05, 4.69) is 36.1 Å². The molecule has 0 saturated heterocycles. The maximum absolute atomic E-state index is 13.6. The van der Waals surface area contributed by atoms with Crippen LogP contribution >= 0.6 is 0 Å². The van der Waals surface area contributed by atoms with Gasteiger partial charge >= 0.3 is 11.7 Å². The molecule has 0 spiro atoms. The molecular weight excluding hydrogens is 756 g/mol. The number of nitriles is 1. The molecule has 0 aliphatic rings. The molecule has 1 atom stereocenters. The number of halogens is 3. The number of esters is 1. The number of nitrogens with zero attached hydrogens (tertiary/aromatic N) is 5. The van der Waals surface area contributed by atoms with Crippen LogP contribution in [0, 0.1) is 17.1 Å². The maximum Gasteiger partial charge on any atom is 0.355 e. The Balaban J connectivity index is 1.50. The normalized spacial score (nSPS) is 12.3. The van der Waals surface area contributed by atoms with Gasteiger partial charge in [-0.05, 0) is 60.5 Å². The Morgan fingerprint density at radius 3 is 2.36 bits per heavy atom. The molecule has 1 unspecified atom stereocenters. The fourth-order valence-corrected chi connectivity index (χ4v) is 6.57. The highest BCUT2D eigenvalue weighted by atomic mass is 32.2. The van der Waals surface area contributed by atoms with Gasteiger partial charge in [0.25, 0.3) is 10.0 Å². The number of anilines is 3. The molecule has 18 heteroatoms. The summed E-state index contributed by atoms with van der Waals surface area (Å²) >= 11 is 0. The van der Waals surface area contributed by atoms with Gasteiger partial charge in [0.15, 0.2) is 11.6 Å². The predicted octanol–water partition coefficient (Wildman–Crippen LogP) is 7.75. The number of methoxy groups -OCH3 is 1. The Hall–Kier alpha value is -5.64. The highest BCUT2D eigenvalue weighted by Gasteiger charge is 2.27. The smallest absolute Gasteiger partial charge is 0.355 e. The summed E-state index contributed by atoms with van der Waals surface area (Å²) in [5, 5.41) is 23.0. The summed E-state index contributed by atoms with van der Waals surface area (Å²) in [4.78, 5) is 11.8. The molecule has 3 aromatic carbocycles. The number of carbonyl (C=O) groups excluding carboxylic acids is 1. The van der Waals surface area contributed by atoms with E-state index in [1.165, 1.54) is 54.3 Å². The van der Waals surface area contributed by atoms with Gasteiger partial charge in [-0.15, -0.1) is 0 Å². The number of ether oxygens (including phenoxy) is 3. The van der Waals surface area contributed by atoms with Gasteiger partial charge in [0, 0.05) is 32.5 Å². The van der Waals surface area contributed by atoms with Gasteiger partial charge in [-0.1, -0.05) is 50.0 Å². The highest BCUT2D eigenvalue weighted by Crippen LogP contribution is 2.38. The van der Waals surface area contributed by atoms with Crippen molar-refractivity contribution in [1.29, 1.82) is 5.26 Å². The molecule has 290 valence electrons. The average Bonchev–Trinajstić information content (AvgIpc) is 3.73. The summed E-state index contributed by atoms with van der Waals surface area (Å²) in [6, 6.07) is 21.1. The van der Waals surface area contributed by atoms with E-state index in [9.17, 15) is 31.6 Å². The van der Waals surface area contributed by atoms with E-state index in [0.717, 1.165) is 11.6 Å². The molecule has 0 aliphatic heterocycles. The summed E-state index contributed by atoms with van der Waals surface area (Å²) in [7, 11) is -5.22. The molecule has 2 heterocycles. The fraction of sp³-hybridized carbons (Fsp3) is 0.297. The van der Waals surface area contributed by atoms with Crippen molar-refractivity contribution in [1.82, 2.24) is 19.6 Å². The predicted molar refractivity (Wildman–Crippen MR) is 203 cm³/mol. The Kier molecular flexibility index (Phi) is 12.7. The van der Waals surface area contributed by atoms with E-state index in [1.54, 1.807) is 48.1 Å². The Morgan fingerprint density at radius 2 is 1.73 bits per heavy atom. The van der Waals surface area contributed by atoms with Crippen molar-refractivity contribution in [3.05, 3.63) is 107 Å². The highest BCUT2D eigenvalue weighted by molar-refractivity contribution is 7.93. The summed E-state index contributed by atoms with van der Waals surface area (Å²) in [6.07, 6.45) is 0.955. The number of benzene rings is 3. The number of aromatic nitrogens is 4. The van der Waals surface area contributed by atoms with Gasteiger partial charge in [0.05, 0.1) is 24.9 Å². The Bertz CT molecular complexity index is 2270. The van der Waals surface area contributed by atoms with E-state index in [4.69, 9.17) is 19.3 Å². The number of sulfonamides is 1. The van der Waals surface area contributed by atoms with Crippen LogP contribution < -0.4 is 14.8 Å². The van der Waals surface area contributed by atoms with Crippen LogP contribution in [0.3, 0.4) is 0 Å². The van der Waals surface area contributed by atoms with Crippen molar-refractivity contribution in [2.75, 3.05) is 23.8 Å². The van der Waals surface area contributed by atoms with Crippen molar-refractivity contribution in [2.45, 2.75) is 57.7 Å². The molecule has 0 aliphatic carbocycles. The van der Waals surface area contributed by atoms with E-state index >= 15 is 0 Å². The summed E-state index contributed by atoms with van der Waals surface area (Å²) < 4.78 is 86.7. The van der Waals surface area contributed by atoms with E-state index in [1.807, 2.05) is 4.72 Å². The van der Waals surface area contributed by atoms with E-state index in [-0.39, 0.29) is 35.2 Å². The first-order chi connectivity index (χ1) is 26.1. The molecule has 0 amide bonds. The maximum atomic E-state index is 13.6. The number of rotatable bonds is 17. The second-order valence-corrected chi connectivity index (χ2v) is 20.9. The standard InChI is InChI=1S/C37H40F3N7O6SSi/c1-24(26-10-13-29(38)14-11-26)53-32-20-28(12-15-31(32)45-54(49,50)37(39)40)34-30(21-41)35(47(44-34)23-52-18-19-55(3,4)5)42-33-16-17-46(43-33)22-25-6-8-27(9-7-25)36(48)51-2/h6-17,20,24,37,45H,18-19,22-23H2,1-5H3,(H,42,43). The summed E-state index contributed by atoms with van der Waals surface area (Å²) in [6.45, 7) is 9.06. The SMILES string of the molecule is COC(=O)c1ccc(Cn2ccc(Nc3c(C#N)c(-c4ccc(NS(=O)(=O)C(F)F)c(OC(C)c5ccc(F)cc5)c4)nn3COCC[Si](C)(C)C)n2)cc1. The van der Waals surface area contributed by atoms with Crippen LogP contribution in [0.5, 0.6) is 5.75 Å². The summed E-state index contributed by atoms with van der Waals surface area (Å²) in [5.41, 5.74) is 2.06. The monoisotopic (exact) mass is 795 g/mol. The van der Waals surface area contributed by atoms with E-state index < -0.39 is 41.7 Å². The lowest BCUT2D eigenvalue weighted by Gasteiger charge is -2.19. The zero-order valence-corrected chi connectivity index (χ0v) is 32.5. The molecule has 13 nitrogen and oxygen atoms in total. The Labute approximate surface area is 317 Å². The second kappa shape index (κ2) is 17.2. The molecule has 55 heavy (non-hydrogen) atoms. The van der Waals surface area contributed by atoms with Crippen molar-refractivity contribution in [3.63, 3.8) is 0 Å². The topological polar surface area (TPSA) is 162 Å². The van der Waals surface area contributed by atoms with Crippen molar-refractivity contribution in [3.8, 4) is 23.1 Å². The minimum absolute atomic E-state index is 0.0357. The zero-order chi connectivity index (χ0) is 39.9. The number of alkyl halides is 2. The van der Waals surface area contributed by atoms with Crippen molar-refractivity contribution < 1.29 is 40.6 Å². The molecular formula is C37H40F3N7O6SSi. The lowest BCUT2D eigenvalue weighted by Crippen LogP contribution is -2.22. The van der Waals surface area contributed by atoms with Crippen LogP contribution in [0.25, 0.3) is 11.3 Å². The minimum Gasteiger partial charge on any atom is -0.484 e. The average molecular weight is 796 g/mol. The van der Waals surface area contributed by atoms with E-state index in [0.29, 0.717) is 35.7 Å². The Morgan fingerprint density at radius 1 is 1.02 bits per heavy atom. The molecule has 0 saturated carbocycles. The second-order valence-electron chi connectivity index (χ2n) is 13.7. The molecule has 2 N–H and O–H groups in total. The minimum atomic E-state index is -5.09. The molecule has 0 radical (unpaired) electrons. The quantitative estimate of drug-likeness (QED) is 0.0541. The first kappa shape index (κ1) is 40.5.